The normalized spacial score (nSPS) is 22.5. The molecule has 4 heterocycles. The Morgan fingerprint density at radius 1 is 1.33 bits per heavy atom. The molecule has 3 aromatic rings. The Balaban J connectivity index is 1.70. The van der Waals surface area contributed by atoms with Crippen molar-refractivity contribution in [3.8, 4) is 11.4 Å². The third-order valence-electron chi connectivity index (χ3n) is 7.97. The van der Waals surface area contributed by atoms with Crippen molar-refractivity contribution in [2.45, 2.75) is 57.9 Å². The van der Waals surface area contributed by atoms with Crippen LogP contribution in [0.15, 0.2) is 16.9 Å². The zero-order valence-electron chi connectivity index (χ0n) is 19.1. The first-order valence-electron chi connectivity index (χ1n) is 11.7. The van der Waals surface area contributed by atoms with E-state index in [1.54, 1.807) is 17.6 Å². The molecule has 1 aromatic carbocycles. The number of fused-ring (bicyclic) bond motifs is 5. The molecule has 1 aliphatic carbocycles. The number of rotatable bonds is 2. The summed E-state index contributed by atoms with van der Waals surface area (Å²) in [6, 6.07) is 3.79. The fourth-order valence-electron chi connectivity index (χ4n) is 6.05. The minimum absolute atomic E-state index is 0.123. The second kappa shape index (κ2) is 6.81. The molecule has 9 heteroatoms. The van der Waals surface area contributed by atoms with Gasteiger partial charge in [-0.2, -0.15) is 0 Å². The Morgan fingerprint density at radius 2 is 2.12 bits per heavy atom. The topological polar surface area (TPSA) is 107 Å². The number of esters is 1. The van der Waals surface area contributed by atoms with Gasteiger partial charge in [-0.25, -0.2) is 9.78 Å². The van der Waals surface area contributed by atoms with Crippen LogP contribution in [0.2, 0.25) is 0 Å². The summed E-state index contributed by atoms with van der Waals surface area (Å²) >= 11 is 0. The van der Waals surface area contributed by atoms with Crippen molar-refractivity contribution in [2.75, 3.05) is 0 Å². The molecular weight excluding hydrogens is 416 g/mol. The zero-order valence-corrected chi connectivity index (χ0v) is 19.1. The summed E-state index contributed by atoms with van der Waals surface area (Å²) in [5.74, 6) is -0.712. The molecule has 166 valence electrons. The van der Waals surface area contributed by atoms with Gasteiger partial charge in [-0.3, -0.25) is 4.79 Å². The van der Waals surface area contributed by atoms with E-state index in [9.17, 15) is 14.7 Å². The molecule has 0 spiro atoms. The first-order valence-corrected chi connectivity index (χ1v) is 11.7. The van der Waals surface area contributed by atoms with Crippen LogP contribution in [0.3, 0.4) is 0 Å². The van der Waals surface area contributed by atoms with Crippen LogP contribution < -0.4 is 16.8 Å². The lowest BCUT2D eigenvalue weighted by Gasteiger charge is -2.31. The van der Waals surface area contributed by atoms with Crippen molar-refractivity contribution in [1.29, 1.82) is 0 Å². The number of nitrogens with zero attached hydrogens (tertiary/aromatic N) is 2. The summed E-state index contributed by atoms with van der Waals surface area (Å²) in [6.45, 7) is 4.14. The maximum Gasteiger partial charge on any atom is 0.343 e. The van der Waals surface area contributed by atoms with E-state index in [0.29, 0.717) is 23.4 Å². The number of aromatic nitrogens is 2. The lowest BCUT2D eigenvalue weighted by Crippen LogP contribution is -2.44. The van der Waals surface area contributed by atoms with Crippen LogP contribution in [0.5, 0.6) is 0 Å². The predicted molar refractivity (Wildman–Crippen MR) is 130 cm³/mol. The zero-order chi connectivity index (χ0) is 23.2. The molecule has 0 amide bonds. The highest BCUT2D eigenvalue weighted by molar-refractivity contribution is 6.97. The summed E-state index contributed by atoms with van der Waals surface area (Å²) in [6.07, 6.45) is 1.90. The second-order valence-electron chi connectivity index (χ2n) is 9.49. The van der Waals surface area contributed by atoms with Gasteiger partial charge in [0, 0.05) is 22.6 Å². The molecule has 2 aromatic heterocycles. The standard InChI is InChI=1S/C24H25B2N3O4/c1-3-24(32)14-6-18-21-12(8-29(18)22(30)13(14)9-33-23(24)31)19-16(27)5-4-11-10(2)15(26-25)7-17(28-21)20(11)19/h6-7,16,26,32H,3-5,8-9,25,27H2,1-2H3. The van der Waals surface area contributed by atoms with Crippen molar-refractivity contribution in [3.05, 3.63) is 55.9 Å². The molecule has 2 atom stereocenters. The number of carbonyl (C=O) groups excluding carboxylic acids is 1. The molecule has 0 saturated carbocycles. The van der Waals surface area contributed by atoms with Crippen LogP contribution in [0.25, 0.3) is 22.3 Å². The average molecular weight is 441 g/mol. The Bertz CT molecular complexity index is 1470. The second-order valence-corrected chi connectivity index (χ2v) is 9.49. The van der Waals surface area contributed by atoms with E-state index in [4.69, 9.17) is 15.5 Å². The summed E-state index contributed by atoms with van der Waals surface area (Å²) in [4.78, 5) is 31.0. The number of ether oxygens (including phenoxy) is 1. The number of nitrogens with two attached hydrogens (primary N) is 1. The molecule has 0 radical (unpaired) electrons. The highest BCUT2D eigenvalue weighted by Gasteiger charge is 2.45. The summed E-state index contributed by atoms with van der Waals surface area (Å²) < 4.78 is 6.87. The minimum atomic E-state index is -1.83. The molecule has 33 heavy (non-hydrogen) atoms. The van der Waals surface area contributed by atoms with E-state index in [-0.39, 0.29) is 24.6 Å². The molecule has 2 unspecified atom stereocenters. The van der Waals surface area contributed by atoms with Gasteiger partial charge in [0.05, 0.1) is 36.7 Å². The van der Waals surface area contributed by atoms with Gasteiger partial charge >= 0.3 is 5.97 Å². The number of aliphatic hydroxyl groups is 1. The van der Waals surface area contributed by atoms with Crippen molar-refractivity contribution < 1.29 is 14.6 Å². The van der Waals surface area contributed by atoms with E-state index >= 15 is 0 Å². The SMILES string of the molecule is BBc1cc2nc3c(c4c2c(c1C)CCC4N)Cn1c-3cc2c(c1=O)COC(=O)C2(O)CC. The van der Waals surface area contributed by atoms with Crippen LogP contribution in [0.1, 0.15) is 59.2 Å². The van der Waals surface area contributed by atoms with Gasteiger partial charge < -0.3 is 20.1 Å². The Hall–Kier alpha value is -2.90. The van der Waals surface area contributed by atoms with Gasteiger partial charge in [0.15, 0.2) is 5.60 Å². The van der Waals surface area contributed by atoms with Crippen LogP contribution in [0.4, 0.5) is 0 Å². The number of benzene rings is 1. The molecule has 0 fully saturated rings. The summed E-state index contributed by atoms with van der Waals surface area (Å²) in [5.41, 5.74) is 13.5. The van der Waals surface area contributed by atoms with Gasteiger partial charge in [-0.15, -0.1) is 0 Å². The minimum Gasteiger partial charge on any atom is -0.458 e. The molecule has 3 aliphatic rings. The predicted octanol–water partition coefficient (Wildman–Crippen LogP) is -0.0561. The fourth-order valence-corrected chi connectivity index (χ4v) is 6.05. The molecule has 0 saturated heterocycles. The fraction of sp³-hybridized carbons (Fsp3) is 0.375. The molecule has 7 nitrogen and oxygen atoms in total. The lowest BCUT2D eigenvalue weighted by molar-refractivity contribution is -0.172. The highest BCUT2D eigenvalue weighted by atomic mass is 16.6. The number of hydrogen-bond acceptors (Lipinski definition) is 6. The van der Waals surface area contributed by atoms with Gasteiger partial charge in [0.2, 0.25) is 0 Å². The van der Waals surface area contributed by atoms with E-state index < -0.39 is 11.6 Å². The van der Waals surface area contributed by atoms with Crippen molar-refractivity contribution in [3.63, 3.8) is 0 Å². The third kappa shape index (κ3) is 2.52. The van der Waals surface area contributed by atoms with Crippen molar-refractivity contribution in [1.82, 2.24) is 9.55 Å². The van der Waals surface area contributed by atoms with E-state index in [0.717, 1.165) is 47.7 Å². The Kier molecular flexibility index (Phi) is 4.27. The number of pyridine rings is 2. The summed E-state index contributed by atoms with van der Waals surface area (Å²) in [5, 5.41) is 12.2. The van der Waals surface area contributed by atoms with Crippen molar-refractivity contribution in [2.24, 2.45) is 5.73 Å². The number of hydrogen-bond donors (Lipinski definition) is 2. The van der Waals surface area contributed by atoms with Crippen LogP contribution in [0, 0.1) is 6.92 Å². The largest absolute Gasteiger partial charge is 0.458 e. The van der Waals surface area contributed by atoms with Gasteiger partial charge in [-0.05, 0) is 49.4 Å². The average Bonchev–Trinajstić information content (AvgIpc) is 3.18. The van der Waals surface area contributed by atoms with Crippen LogP contribution in [-0.4, -0.2) is 35.5 Å². The molecular formula is C24H25B2N3O4. The highest BCUT2D eigenvalue weighted by Crippen LogP contribution is 2.44. The molecule has 0 bridgehead atoms. The smallest absolute Gasteiger partial charge is 0.343 e. The first kappa shape index (κ1) is 20.7. The van der Waals surface area contributed by atoms with Crippen LogP contribution >= 0.6 is 0 Å². The summed E-state index contributed by atoms with van der Waals surface area (Å²) in [7, 11) is 3.07. The maximum absolute atomic E-state index is 13.5. The van der Waals surface area contributed by atoms with E-state index in [2.05, 4.69) is 20.7 Å². The Morgan fingerprint density at radius 3 is 2.85 bits per heavy atom. The maximum atomic E-state index is 13.5. The molecule has 2 aliphatic heterocycles. The third-order valence-corrected chi connectivity index (χ3v) is 7.97. The van der Waals surface area contributed by atoms with Gasteiger partial charge in [-0.1, -0.05) is 17.9 Å². The first-order chi connectivity index (χ1) is 15.8. The van der Waals surface area contributed by atoms with Crippen LogP contribution in [-0.2, 0) is 34.7 Å². The Labute approximate surface area is 192 Å². The number of carbonyl (C=O) groups is 1. The van der Waals surface area contributed by atoms with Gasteiger partial charge in [0.25, 0.3) is 5.56 Å². The van der Waals surface area contributed by atoms with E-state index in [1.807, 2.05) is 0 Å². The van der Waals surface area contributed by atoms with Crippen molar-refractivity contribution >= 4 is 37.2 Å². The lowest BCUT2D eigenvalue weighted by atomic mass is 9.50. The van der Waals surface area contributed by atoms with Gasteiger partial charge in [0.1, 0.15) is 13.8 Å². The number of cyclic esters (lactones) is 1. The molecule has 3 N–H and O–H groups in total. The monoisotopic (exact) mass is 441 g/mol. The number of aryl methyl sites for hydroxylation is 1. The molecule has 6 rings (SSSR count). The quantitative estimate of drug-likeness (QED) is 0.334. The van der Waals surface area contributed by atoms with E-state index in [1.165, 1.54) is 16.6 Å².